The van der Waals surface area contributed by atoms with Crippen LogP contribution >= 0.6 is 0 Å². The highest BCUT2D eigenvalue weighted by atomic mass is 16.6. The number of nitrogens with zero attached hydrogens (tertiary/aromatic N) is 10. The summed E-state index contributed by atoms with van der Waals surface area (Å²) in [6.45, 7) is 36.3. The Balaban J connectivity index is 0.000000270. The van der Waals surface area contributed by atoms with E-state index < -0.39 is 40.4 Å². The van der Waals surface area contributed by atoms with Gasteiger partial charge >= 0.3 is 30.2 Å². The Bertz CT molecular complexity index is 3460. The van der Waals surface area contributed by atoms with E-state index in [9.17, 15) is 33.6 Å². The van der Waals surface area contributed by atoms with E-state index >= 15 is 0 Å². The fourth-order valence-corrected chi connectivity index (χ4v) is 11.6. The van der Waals surface area contributed by atoms with E-state index in [-0.39, 0.29) is 53.9 Å². The number of nitrogens with two attached hydrogens (primary N) is 2. The monoisotopic (exact) mass is 1420 g/mol. The van der Waals surface area contributed by atoms with Crippen molar-refractivity contribution < 1.29 is 57.6 Å². The van der Waals surface area contributed by atoms with Crippen molar-refractivity contribution in [1.29, 1.82) is 0 Å². The first-order valence-electron chi connectivity index (χ1n) is 36.4. The number of benzene rings is 2. The van der Waals surface area contributed by atoms with E-state index in [1.54, 1.807) is 72.2 Å². The van der Waals surface area contributed by atoms with Crippen molar-refractivity contribution in [1.82, 2.24) is 50.2 Å². The zero-order valence-electron chi connectivity index (χ0n) is 64.0. The quantitative estimate of drug-likeness (QED) is 0.0330. The summed E-state index contributed by atoms with van der Waals surface area (Å²) in [7, 11) is 3.00. The lowest BCUT2D eigenvalue weighted by atomic mass is 9.89. The first-order valence-corrected chi connectivity index (χ1v) is 36.4. The molecule has 4 aromatic rings. The Morgan fingerprint density at radius 2 is 0.873 bits per heavy atom. The number of aromatic nitrogens is 4. The highest BCUT2D eigenvalue weighted by molar-refractivity contribution is 6.02. The summed E-state index contributed by atoms with van der Waals surface area (Å²) >= 11 is 0. The number of carbonyl (C=O) groups excluding carboxylic acids is 6. The SMILES string of the molecule is CCCCOc1nc(N)c2c(n1)N(Cc1ccc(CN3CCC(CCNC(=O)C(C)(C)CC)CC3)cc1)C(=O)C2.CCCCOc1nc(N)c2c(n1)N(Cc1ccc(CN3CCC(CCNC(=O)C(C)(C)N(C)C(=O)OC(C)(C)C)CC3)cc1)C(=O)C2.CN(C(=O)OC(C)(C)C)C(C)(C)C(=O)O. The summed E-state index contributed by atoms with van der Waals surface area (Å²) in [4.78, 5) is 114. The second kappa shape index (κ2) is 36.7. The molecule has 4 aliphatic heterocycles. The standard InChI is InChI=1S/C35H53N7O5.C31H46N6O3.C10H19NO4/c1-8-9-20-46-32-38-29(36)27-21-28(43)42(30(27)39-32)23-26-12-10-25(11-13-26)22-41-18-15-24(16-19-41)14-17-37-31(44)35(5,6)40(7)33(45)47-34(2,3)4;1-5-7-18-40-30-34-27(32)25-19-26(38)37(28(25)35-30)21-24-10-8-23(9-11-24)20-36-16-13-22(14-17-36)12-15-33-29(39)31(3,4)6-2;1-9(2,3)15-8(14)11(6)10(4,5)7(12)13/h10-13,24H,8-9,14-23H2,1-7H3,(H,37,44)(H2,36,38,39);8-11,22H,5-7,12-21H2,1-4H3,(H,33,39)(H2,32,34,35);1-6H3,(H,12,13). The Labute approximate surface area is 605 Å². The fourth-order valence-electron chi connectivity index (χ4n) is 11.6. The Hall–Kier alpha value is -8.39. The molecule has 4 aliphatic rings. The van der Waals surface area contributed by atoms with E-state index in [2.05, 4.69) is 110 Å². The molecular formula is C76H118N14O12. The first kappa shape index (κ1) is 82.6. The molecule has 0 radical (unpaired) electrons. The zero-order chi connectivity index (χ0) is 75.5. The van der Waals surface area contributed by atoms with Gasteiger partial charge in [0.2, 0.25) is 23.6 Å². The number of amides is 6. The lowest BCUT2D eigenvalue weighted by Gasteiger charge is -2.36. The van der Waals surface area contributed by atoms with Crippen LogP contribution in [0.5, 0.6) is 12.0 Å². The Morgan fingerprint density at radius 1 is 0.529 bits per heavy atom. The molecule has 102 heavy (non-hydrogen) atoms. The van der Waals surface area contributed by atoms with Crippen LogP contribution in [0.4, 0.5) is 32.9 Å². The molecule has 0 aliphatic carbocycles. The number of hydrogen-bond donors (Lipinski definition) is 5. The van der Waals surface area contributed by atoms with Crippen molar-refractivity contribution in [2.24, 2.45) is 17.3 Å². The number of anilines is 4. The minimum Gasteiger partial charge on any atom is -0.480 e. The predicted molar refractivity (Wildman–Crippen MR) is 395 cm³/mol. The van der Waals surface area contributed by atoms with Gasteiger partial charge in [-0.3, -0.25) is 48.6 Å². The van der Waals surface area contributed by atoms with Gasteiger partial charge in [-0.1, -0.05) is 96.0 Å². The number of unbranched alkanes of at least 4 members (excludes halogenated alkanes) is 2. The summed E-state index contributed by atoms with van der Waals surface area (Å²) in [6.07, 6.45) is 10.3. The molecule has 2 saturated heterocycles. The number of nitrogen functional groups attached to an aromatic ring is 2. The second-order valence-corrected chi connectivity index (χ2v) is 31.0. The van der Waals surface area contributed by atoms with Crippen molar-refractivity contribution in [2.45, 2.75) is 236 Å². The van der Waals surface area contributed by atoms with E-state index in [1.807, 2.05) is 13.8 Å². The number of fused-ring (bicyclic) bond motifs is 2. The third kappa shape index (κ3) is 24.1. The summed E-state index contributed by atoms with van der Waals surface area (Å²) < 4.78 is 21.8. The van der Waals surface area contributed by atoms with Gasteiger partial charge in [-0.15, -0.1) is 0 Å². The van der Waals surface area contributed by atoms with Gasteiger partial charge < -0.3 is 46.2 Å². The number of carboxylic acid groups (broad SMARTS) is 1. The molecule has 0 saturated carbocycles. The molecule has 564 valence electrons. The molecule has 0 spiro atoms. The molecule has 2 aromatic heterocycles. The molecule has 2 aromatic carbocycles. The first-order chi connectivity index (χ1) is 47.8. The van der Waals surface area contributed by atoms with Crippen molar-refractivity contribution in [3.8, 4) is 12.0 Å². The molecule has 0 bridgehead atoms. The number of piperidine rings is 2. The van der Waals surface area contributed by atoms with Crippen LogP contribution in [0.3, 0.4) is 0 Å². The maximum atomic E-state index is 12.9. The molecule has 26 nitrogen and oxygen atoms in total. The van der Waals surface area contributed by atoms with E-state index in [0.29, 0.717) is 79.1 Å². The maximum Gasteiger partial charge on any atom is 0.410 e. The van der Waals surface area contributed by atoms with Gasteiger partial charge in [-0.2, -0.15) is 19.9 Å². The van der Waals surface area contributed by atoms with Crippen LogP contribution in [0.1, 0.15) is 208 Å². The van der Waals surface area contributed by atoms with E-state index in [1.165, 1.54) is 36.9 Å². The second-order valence-electron chi connectivity index (χ2n) is 31.0. The molecule has 2 fully saturated rings. The summed E-state index contributed by atoms with van der Waals surface area (Å²) in [5, 5.41) is 15.1. The van der Waals surface area contributed by atoms with E-state index in [0.717, 1.165) is 132 Å². The van der Waals surface area contributed by atoms with Crippen molar-refractivity contribution >= 4 is 65.1 Å². The van der Waals surface area contributed by atoms with Crippen LogP contribution in [-0.2, 0) is 72.5 Å². The fraction of sp³-hybridized carbons (Fsp3) is 0.645. The van der Waals surface area contributed by atoms with Crippen molar-refractivity contribution in [3.05, 3.63) is 81.9 Å². The summed E-state index contributed by atoms with van der Waals surface area (Å²) in [6, 6.07) is 17.3. The third-order valence-corrected chi connectivity index (χ3v) is 19.4. The number of likely N-dealkylation sites (tertiary alicyclic amines) is 2. The largest absolute Gasteiger partial charge is 0.480 e. The number of carboxylic acids is 1. The van der Waals surface area contributed by atoms with Crippen LogP contribution in [0.25, 0.3) is 0 Å². The van der Waals surface area contributed by atoms with Gasteiger partial charge in [0.15, 0.2) is 0 Å². The molecule has 7 N–H and O–H groups in total. The molecule has 0 unspecified atom stereocenters. The molecule has 6 amide bonds. The van der Waals surface area contributed by atoms with Crippen LogP contribution < -0.4 is 41.4 Å². The highest BCUT2D eigenvalue weighted by Crippen LogP contribution is 2.36. The van der Waals surface area contributed by atoms with Gasteiger partial charge in [0, 0.05) is 56.8 Å². The van der Waals surface area contributed by atoms with Crippen LogP contribution in [0.15, 0.2) is 48.5 Å². The summed E-state index contributed by atoms with van der Waals surface area (Å²) in [5.41, 5.74) is 14.3. The number of hydrogen-bond acceptors (Lipinski definition) is 19. The smallest absolute Gasteiger partial charge is 0.410 e. The van der Waals surface area contributed by atoms with Crippen LogP contribution in [0.2, 0.25) is 0 Å². The lowest BCUT2D eigenvalue weighted by Crippen LogP contribution is -2.56. The predicted octanol–water partition coefficient (Wildman–Crippen LogP) is 10.9. The van der Waals surface area contributed by atoms with Crippen molar-refractivity contribution in [3.63, 3.8) is 0 Å². The maximum absolute atomic E-state index is 12.9. The molecule has 8 rings (SSSR count). The number of ether oxygens (including phenoxy) is 4. The van der Waals surface area contributed by atoms with Gasteiger partial charge in [0.05, 0.1) is 39.1 Å². The lowest BCUT2D eigenvalue weighted by molar-refractivity contribution is -0.148. The van der Waals surface area contributed by atoms with E-state index in [4.69, 9.17) is 35.5 Å². The zero-order valence-corrected chi connectivity index (χ0v) is 64.0. The molecule has 6 heterocycles. The van der Waals surface area contributed by atoms with Gasteiger partial charge in [0.1, 0.15) is 45.6 Å². The number of aliphatic carboxylic acids is 1. The van der Waals surface area contributed by atoms with Gasteiger partial charge in [-0.25, -0.2) is 14.4 Å². The average Bonchev–Trinajstić information content (AvgIpc) is 1.63. The number of nitrogens with one attached hydrogen (secondary N) is 2. The average molecular weight is 1420 g/mol. The third-order valence-electron chi connectivity index (χ3n) is 19.4. The van der Waals surface area contributed by atoms with Gasteiger partial charge in [0.25, 0.3) is 0 Å². The molecule has 0 atom stereocenters. The van der Waals surface area contributed by atoms with Gasteiger partial charge in [-0.05, 0) is 187 Å². The number of likely N-dealkylation sites (N-methyl/N-ethyl adjacent to an activating group) is 2. The normalized spacial score (nSPS) is 15.5. The number of rotatable bonds is 28. The van der Waals surface area contributed by atoms with Crippen molar-refractivity contribution in [2.75, 3.05) is 87.8 Å². The Kier molecular flexibility index (Phi) is 29.7. The molecular weight excluding hydrogens is 1300 g/mol. The topological polar surface area (TPSA) is 324 Å². The van der Waals surface area contributed by atoms with Crippen LogP contribution in [-0.4, -0.2) is 175 Å². The van der Waals surface area contributed by atoms with Crippen LogP contribution in [0, 0.1) is 17.3 Å². The summed E-state index contributed by atoms with van der Waals surface area (Å²) in [5.74, 6) is 1.74. The minimum absolute atomic E-state index is 0.0257. The Morgan fingerprint density at radius 3 is 1.21 bits per heavy atom. The number of carbonyl (C=O) groups is 7. The minimum atomic E-state index is -1.28. The highest BCUT2D eigenvalue weighted by Gasteiger charge is 2.40. The molecule has 26 heteroatoms.